The maximum atomic E-state index is 13.4. The molecule has 1 atom stereocenters. The van der Waals surface area contributed by atoms with Crippen LogP contribution in [-0.2, 0) is 4.79 Å². The number of nitrogens with zero attached hydrogens (tertiary/aromatic N) is 3. The van der Waals surface area contributed by atoms with E-state index in [1.165, 1.54) is 12.1 Å². The van der Waals surface area contributed by atoms with Gasteiger partial charge in [-0.1, -0.05) is 0 Å². The first-order valence-corrected chi connectivity index (χ1v) is 11.5. The number of anilines is 2. The van der Waals surface area contributed by atoms with E-state index in [9.17, 15) is 9.18 Å². The molecule has 2 aliphatic rings. The van der Waals surface area contributed by atoms with E-state index in [4.69, 9.17) is 10.5 Å². The smallest absolute Gasteiger partial charge is 0.250 e. The fourth-order valence-electron chi connectivity index (χ4n) is 4.76. The van der Waals surface area contributed by atoms with Gasteiger partial charge < -0.3 is 26.0 Å². The topological polar surface area (TPSA) is 105 Å². The first-order valence-electron chi connectivity index (χ1n) is 11.5. The van der Waals surface area contributed by atoms with Gasteiger partial charge in [0.2, 0.25) is 11.7 Å². The number of amides is 1. The number of primary amides is 1. The quantitative estimate of drug-likeness (QED) is 0.575. The minimum Gasteiger partial charge on any atom is -0.463 e. The van der Waals surface area contributed by atoms with E-state index in [0.717, 1.165) is 37.1 Å². The molecule has 1 aliphatic carbocycles. The van der Waals surface area contributed by atoms with E-state index < -0.39 is 11.6 Å². The molecule has 180 valence electrons. The minimum absolute atomic E-state index is 0.0319. The molecule has 4 rings (SSSR count). The van der Waals surface area contributed by atoms with E-state index in [0.29, 0.717) is 17.3 Å². The van der Waals surface area contributed by atoms with Crippen LogP contribution in [0, 0.1) is 18.7 Å². The molecule has 8 nitrogen and oxygen atoms in total. The number of benzene rings is 1. The van der Waals surface area contributed by atoms with E-state index in [1.807, 2.05) is 32.1 Å². The second-order valence-corrected chi connectivity index (χ2v) is 9.03. The number of nitrogens with two attached hydrogens (primary N) is 1. The maximum absolute atomic E-state index is 13.4. The van der Waals surface area contributed by atoms with Crippen molar-refractivity contribution in [3.05, 3.63) is 65.8 Å². The average molecular weight is 467 g/mol. The molecule has 9 heteroatoms. The van der Waals surface area contributed by atoms with Crippen LogP contribution in [0.15, 0.2) is 54.4 Å². The summed E-state index contributed by atoms with van der Waals surface area (Å²) < 4.78 is 19.8. The summed E-state index contributed by atoms with van der Waals surface area (Å²) in [5.74, 6) is 1.00. The van der Waals surface area contributed by atoms with Gasteiger partial charge >= 0.3 is 0 Å². The molecule has 2 aromatic rings. The summed E-state index contributed by atoms with van der Waals surface area (Å²) in [4.78, 5) is 23.4. The van der Waals surface area contributed by atoms with Crippen LogP contribution in [0.2, 0.25) is 0 Å². The monoisotopic (exact) mass is 466 g/mol. The Morgan fingerprint density at radius 3 is 2.59 bits per heavy atom. The highest BCUT2D eigenvalue weighted by Crippen LogP contribution is 2.40. The second-order valence-electron chi connectivity index (χ2n) is 9.03. The summed E-state index contributed by atoms with van der Waals surface area (Å²) in [7, 11) is 3.92. The molecule has 0 radical (unpaired) electrons. The number of allylic oxidation sites excluding steroid dienone is 2. The zero-order valence-corrected chi connectivity index (χ0v) is 19.7. The summed E-state index contributed by atoms with van der Waals surface area (Å²) >= 11 is 0. The number of halogens is 1. The summed E-state index contributed by atoms with van der Waals surface area (Å²) in [6, 6.07) is 5.97. The third-order valence-corrected chi connectivity index (χ3v) is 6.42. The first-order chi connectivity index (χ1) is 16.3. The zero-order valence-electron chi connectivity index (χ0n) is 19.7. The summed E-state index contributed by atoms with van der Waals surface area (Å²) in [6.45, 7) is 1.99. The number of nitrogens with one attached hydrogen (secondary N) is 2. The van der Waals surface area contributed by atoms with Crippen LogP contribution in [0.4, 0.5) is 16.2 Å². The Kier molecular flexibility index (Phi) is 6.72. The van der Waals surface area contributed by atoms with Gasteiger partial charge in [-0.25, -0.2) is 9.37 Å². The SMILES string of the molecule is Cc1cnc(NC2CCC(C3(Oc4ccc(F)cc4)NC=CC=C3C(N)=O)CC2)nc1N(C)C. The predicted molar refractivity (Wildman–Crippen MR) is 130 cm³/mol. The van der Waals surface area contributed by atoms with Crippen molar-refractivity contribution in [1.82, 2.24) is 15.3 Å². The highest BCUT2D eigenvalue weighted by molar-refractivity contribution is 5.94. The predicted octanol–water partition coefficient (Wildman–Crippen LogP) is 3.26. The molecule has 0 bridgehead atoms. The Morgan fingerprint density at radius 1 is 1.24 bits per heavy atom. The Labute approximate surface area is 199 Å². The number of aryl methyl sites for hydroxylation is 1. The van der Waals surface area contributed by atoms with Gasteiger partial charge in [-0.2, -0.15) is 4.98 Å². The van der Waals surface area contributed by atoms with Crippen molar-refractivity contribution in [3.8, 4) is 5.75 Å². The van der Waals surface area contributed by atoms with Crippen LogP contribution in [0.1, 0.15) is 31.2 Å². The van der Waals surface area contributed by atoms with E-state index in [2.05, 4.69) is 20.6 Å². The Hall–Kier alpha value is -3.62. The number of dihydropyridines is 1. The second kappa shape index (κ2) is 9.70. The molecule has 2 heterocycles. The van der Waals surface area contributed by atoms with Crippen molar-refractivity contribution in [1.29, 1.82) is 0 Å². The van der Waals surface area contributed by atoms with Crippen molar-refractivity contribution in [2.45, 2.75) is 44.4 Å². The minimum atomic E-state index is -1.12. The lowest BCUT2D eigenvalue weighted by molar-refractivity contribution is -0.118. The summed E-state index contributed by atoms with van der Waals surface area (Å²) in [5, 5.41) is 6.73. The van der Waals surface area contributed by atoms with E-state index >= 15 is 0 Å². The number of carbonyl (C=O) groups excluding carboxylic acids is 1. The van der Waals surface area contributed by atoms with Crippen molar-refractivity contribution >= 4 is 17.7 Å². The van der Waals surface area contributed by atoms with Crippen molar-refractivity contribution in [2.24, 2.45) is 11.7 Å². The summed E-state index contributed by atoms with van der Waals surface area (Å²) in [6.07, 6.45) is 10.2. The number of hydrogen-bond donors (Lipinski definition) is 3. The van der Waals surface area contributed by atoms with Gasteiger partial charge in [-0.3, -0.25) is 4.79 Å². The number of rotatable bonds is 7. The van der Waals surface area contributed by atoms with Gasteiger partial charge in [0.1, 0.15) is 17.4 Å². The molecular weight excluding hydrogens is 435 g/mol. The lowest BCUT2D eigenvalue weighted by atomic mass is 9.75. The molecule has 1 aromatic carbocycles. The molecule has 1 unspecified atom stereocenters. The molecule has 1 aliphatic heterocycles. The van der Waals surface area contributed by atoms with Crippen LogP contribution >= 0.6 is 0 Å². The molecule has 34 heavy (non-hydrogen) atoms. The molecule has 0 spiro atoms. The molecule has 0 saturated heterocycles. The number of carbonyl (C=O) groups is 1. The molecule has 1 fully saturated rings. The van der Waals surface area contributed by atoms with Crippen LogP contribution in [-0.4, -0.2) is 41.7 Å². The maximum Gasteiger partial charge on any atom is 0.250 e. The molecule has 1 amide bonds. The third-order valence-electron chi connectivity index (χ3n) is 6.42. The fourth-order valence-corrected chi connectivity index (χ4v) is 4.76. The van der Waals surface area contributed by atoms with Crippen LogP contribution in [0.3, 0.4) is 0 Å². The van der Waals surface area contributed by atoms with Crippen molar-refractivity contribution in [2.75, 3.05) is 24.3 Å². The standard InChI is InChI=1S/C25H31FN6O2/c1-16-15-28-24(31-23(16)32(2)3)30-19-10-6-17(7-11-19)25(21(22(27)33)5-4-14-29-25)34-20-12-8-18(26)9-13-20/h4-5,8-9,12-15,17,19,29H,6-7,10-11H2,1-3H3,(H2,27,33)(H,28,30,31). The Bertz CT molecular complexity index is 1090. The first kappa shape index (κ1) is 23.5. The van der Waals surface area contributed by atoms with Gasteiger partial charge in [0.15, 0.2) is 0 Å². The molecule has 4 N–H and O–H groups in total. The van der Waals surface area contributed by atoms with Crippen LogP contribution < -0.4 is 26.0 Å². The molecule has 1 saturated carbocycles. The largest absolute Gasteiger partial charge is 0.463 e. The third kappa shape index (κ3) is 4.83. The Balaban J connectivity index is 1.52. The number of aromatic nitrogens is 2. The fraction of sp³-hybridized carbons (Fsp3) is 0.400. The highest BCUT2D eigenvalue weighted by atomic mass is 19.1. The molecular formula is C25H31FN6O2. The lowest BCUT2D eigenvalue weighted by Crippen LogP contribution is -2.59. The van der Waals surface area contributed by atoms with E-state index in [-0.39, 0.29) is 17.8 Å². The van der Waals surface area contributed by atoms with Gasteiger partial charge in [0.05, 0.1) is 5.57 Å². The van der Waals surface area contributed by atoms with Gasteiger partial charge in [-0.15, -0.1) is 0 Å². The lowest BCUT2D eigenvalue weighted by Gasteiger charge is -2.45. The normalized spacial score (nSPS) is 24.1. The number of hydrogen-bond acceptors (Lipinski definition) is 7. The van der Waals surface area contributed by atoms with Crippen LogP contribution in [0.25, 0.3) is 0 Å². The van der Waals surface area contributed by atoms with Crippen molar-refractivity contribution < 1.29 is 13.9 Å². The average Bonchev–Trinajstić information content (AvgIpc) is 2.82. The Morgan fingerprint density at radius 2 is 1.94 bits per heavy atom. The van der Waals surface area contributed by atoms with Crippen molar-refractivity contribution in [3.63, 3.8) is 0 Å². The van der Waals surface area contributed by atoms with Gasteiger partial charge in [-0.05, 0) is 69.0 Å². The van der Waals surface area contributed by atoms with E-state index in [1.54, 1.807) is 30.5 Å². The summed E-state index contributed by atoms with van der Waals surface area (Å²) in [5.41, 5.74) is 6.00. The highest BCUT2D eigenvalue weighted by Gasteiger charge is 2.48. The zero-order chi connectivity index (χ0) is 24.3. The van der Waals surface area contributed by atoms with Gasteiger partial charge in [0.25, 0.3) is 5.91 Å². The molecule has 1 aromatic heterocycles. The number of ether oxygens (including phenoxy) is 1. The van der Waals surface area contributed by atoms with Gasteiger partial charge in [0, 0.05) is 44.0 Å². The van der Waals surface area contributed by atoms with Crippen LogP contribution in [0.5, 0.6) is 5.75 Å².